The van der Waals surface area contributed by atoms with Crippen molar-refractivity contribution in [3.8, 4) is 0 Å². The summed E-state index contributed by atoms with van der Waals surface area (Å²) in [5.41, 5.74) is 10.3. The number of anilines is 3. The molecule has 3 rings (SSSR count). The van der Waals surface area contributed by atoms with Crippen LogP contribution in [0.25, 0.3) is 0 Å². The van der Waals surface area contributed by atoms with Crippen LogP contribution >= 0.6 is 0 Å². The number of aromatic nitrogens is 1. The molecule has 1 aromatic heterocycles. The third kappa shape index (κ3) is 3.47. The normalized spacial score (nSPS) is 17.0. The number of nitrogens with zero attached hydrogens (tertiary/aromatic N) is 2. The Morgan fingerprint density at radius 1 is 1.24 bits per heavy atom. The van der Waals surface area contributed by atoms with Gasteiger partial charge in [0.2, 0.25) is 11.8 Å². The summed E-state index contributed by atoms with van der Waals surface area (Å²) in [6.07, 6.45) is 1.72. The van der Waals surface area contributed by atoms with Gasteiger partial charge in [0.1, 0.15) is 5.82 Å². The van der Waals surface area contributed by atoms with Crippen LogP contribution in [0.2, 0.25) is 0 Å². The molecule has 25 heavy (non-hydrogen) atoms. The first-order valence-corrected chi connectivity index (χ1v) is 8.25. The average molecular weight is 338 g/mol. The van der Waals surface area contributed by atoms with Crippen molar-refractivity contribution in [1.29, 1.82) is 0 Å². The summed E-state index contributed by atoms with van der Waals surface area (Å²) in [6.45, 7) is 6.41. The summed E-state index contributed by atoms with van der Waals surface area (Å²) in [5, 5.41) is 2.81. The predicted octanol–water partition coefficient (Wildman–Crippen LogP) is 2.58. The minimum absolute atomic E-state index is 0.0226. The molecule has 1 unspecified atom stereocenters. The maximum Gasteiger partial charge on any atom is 0.229 e. The minimum Gasteiger partial charge on any atom is -0.384 e. The van der Waals surface area contributed by atoms with E-state index in [1.54, 1.807) is 17.0 Å². The molecule has 2 amide bonds. The second-order valence-electron chi connectivity index (χ2n) is 6.61. The molecule has 0 bridgehead atoms. The van der Waals surface area contributed by atoms with E-state index in [9.17, 15) is 9.59 Å². The number of nitrogens with one attached hydrogen (secondary N) is 1. The first-order valence-electron chi connectivity index (χ1n) is 8.25. The number of hydrogen-bond donors (Lipinski definition) is 2. The zero-order valence-electron chi connectivity index (χ0n) is 14.7. The number of aryl methyl sites for hydroxylation is 3. The lowest BCUT2D eigenvalue weighted by molar-refractivity contribution is -0.122. The lowest BCUT2D eigenvalue weighted by atomic mass is 10.0. The maximum atomic E-state index is 12.5. The molecule has 1 atom stereocenters. The van der Waals surface area contributed by atoms with Gasteiger partial charge in [-0.05, 0) is 44.0 Å². The highest BCUT2D eigenvalue weighted by atomic mass is 16.2. The number of pyridine rings is 1. The van der Waals surface area contributed by atoms with Crippen molar-refractivity contribution in [2.24, 2.45) is 5.92 Å². The SMILES string of the molecule is Cc1cc(C)c(N2CC(C(=O)Nc3ccc(N)nc3)CC2=O)c(C)c1. The molecule has 1 saturated heterocycles. The summed E-state index contributed by atoms with van der Waals surface area (Å²) < 4.78 is 0. The van der Waals surface area contributed by atoms with Gasteiger partial charge in [0, 0.05) is 18.7 Å². The number of amides is 2. The van der Waals surface area contributed by atoms with Gasteiger partial charge in [-0.2, -0.15) is 0 Å². The topological polar surface area (TPSA) is 88.3 Å². The fraction of sp³-hybridized carbons (Fsp3) is 0.316. The van der Waals surface area contributed by atoms with Crippen LogP contribution in [0.4, 0.5) is 17.2 Å². The minimum atomic E-state index is -0.384. The molecule has 0 spiro atoms. The number of hydrogen-bond acceptors (Lipinski definition) is 4. The summed E-state index contributed by atoms with van der Waals surface area (Å²) in [6, 6.07) is 7.44. The molecule has 1 fully saturated rings. The van der Waals surface area contributed by atoms with Crippen molar-refractivity contribution < 1.29 is 9.59 Å². The van der Waals surface area contributed by atoms with Crippen LogP contribution in [0.15, 0.2) is 30.5 Å². The Balaban J connectivity index is 1.76. The van der Waals surface area contributed by atoms with Crippen LogP contribution in [0.1, 0.15) is 23.1 Å². The average Bonchev–Trinajstić information content (AvgIpc) is 2.90. The summed E-state index contributed by atoms with van der Waals surface area (Å²) >= 11 is 0. The Bertz CT molecular complexity index is 807. The fourth-order valence-corrected chi connectivity index (χ4v) is 3.42. The van der Waals surface area contributed by atoms with Crippen molar-refractivity contribution in [1.82, 2.24) is 4.98 Å². The van der Waals surface area contributed by atoms with Crippen LogP contribution in [-0.2, 0) is 9.59 Å². The fourth-order valence-electron chi connectivity index (χ4n) is 3.42. The Labute approximate surface area is 147 Å². The van der Waals surface area contributed by atoms with Crippen molar-refractivity contribution in [2.75, 3.05) is 22.5 Å². The Hall–Kier alpha value is -2.89. The lowest BCUT2D eigenvalue weighted by Gasteiger charge is -2.22. The molecular weight excluding hydrogens is 316 g/mol. The van der Waals surface area contributed by atoms with Gasteiger partial charge in [0.15, 0.2) is 0 Å². The zero-order chi connectivity index (χ0) is 18.1. The van der Waals surface area contributed by atoms with Crippen LogP contribution in [0.5, 0.6) is 0 Å². The number of carbonyl (C=O) groups excluding carboxylic acids is 2. The summed E-state index contributed by atoms with van der Waals surface area (Å²) in [5.74, 6) is -0.189. The van der Waals surface area contributed by atoms with Crippen molar-refractivity contribution >= 4 is 29.0 Å². The molecule has 1 aromatic carbocycles. The molecule has 1 aliphatic rings. The van der Waals surface area contributed by atoms with E-state index < -0.39 is 0 Å². The van der Waals surface area contributed by atoms with E-state index in [0.29, 0.717) is 18.1 Å². The van der Waals surface area contributed by atoms with E-state index in [0.717, 1.165) is 22.4 Å². The largest absolute Gasteiger partial charge is 0.384 e. The van der Waals surface area contributed by atoms with Crippen LogP contribution in [-0.4, -0.2) is 23.3 Å². The van der Waals surface area contributed by atoms with Gasteiger partial charge in [0.05, 0.1) is 17.8 Å². The van der Waals surface area contributed by atoms with Gasteiger partial charge in [0.25, 0.3) is 0 Å². The Morgan fingerprint density at radius 2 is 1.92 bits per heavy atom. The van der Waals surface area contributed by atoms with Crippen molar-refractivity contribution in [3.05, 3.63) is 47.2 Å². The highest BCUT2D eigenvalue weighted by molar-refractivity contribution is 6.04. The predicted molar refractivity (Wildman–Crippen MR) is 98.4 cm³/mol. The van der Waals surface area contributed by atoms with Crippen LogP contribution < -0.4 is 16.0 Å². The van der Waals surface area contributed by atoms with Crippen LogP contribution in [0.3, 0.4) is 0 Å². The quantitative estimate of drug-likeness (QED) is 0.900. The standard InChI is InChI=1S/C19H22N4O2/c1-11-6-12(2)18(13(3)7-11)23-10-14(8-17(23)24)19(25)22-15-4-5-16(20)21-9-15/h4-7,9,14H,8,10H2,1-3H3,(H2,20,21)(H,22,25). The van der Waals surface area contributed by atoms with Gasteiger partial charge >= 0.3 is 0 Å². The maximum absolute atomic E-state index is 12.5. The molecule has 6 nitrogen and oxygen atoms in total. The molecule has 0 saturated carbocycles. The van der Waals surface area contributed by atoms with Gasteiger partial charge in [-0.25, -0.2) is 4.98 Å². The van der Waals surface area contributed by atoms with E-state index in [1.165, 1.54) is 6.20 Å². The second kappa shape index (κ2) is 6.55. The molecule has 2 aromatic rings. The molecule has 130 valence electrons. The van der Waals surface area contributed by atoms with Crippen LogP contribution in [0, 0.1) is 26.7 Å². The summed E-state index contributed by atoms with van der Waals surface area (Å²) in [7, 11) is 0. The summed E-state index contributed by atoms with van der Waals surface area (Å²) in [4.78, 5) is 30.7. The number of rotatable bonds is 3. The number of benzene rings is 1. The van der Waals surface area contributed by atoms with Gasteiger partial charge < -0.3 is 16.0 Å². The number of carbonyl (C=O) groups is 2. The van der Waals surface area contributed by atoms with Gasteiger partial charge in [-0.15, -0.1) is 0 Å². The lowest BCUT2D eigenvalue weighted by Crippen LogP contribution is -2.29. The van der Waals surface area contributed by atoms with Gasteiger partial charge in [-0.3, -0.25) is 9.59 Å². The van der Waals surface area contributed by atoms with Crippen molar-refractivity contribution in [2.45, 2.75) is 27.2 Å². The zero-order valence-corrected chi connectivity index (χ0v) is 14.7. The molecule has 6 heteroatoms. The van der Waals surface area contributed by atoms with Gasteiger partial charge in [-0.1, -0.05) is 17.7 Å². The molecule has 0 aliphatic carbocycles. The smallest absolute Gasteiger partial charge is 0.229 e. The highest BCUT2D eigenvalue weighted by Crippen LogP contribution is 2.32. The number of nitrogen functional groups attached to an aromatic ring is 1. The first-order chi connectivity index (χ1) is 11.8. The van der Waals surface area contributed by atoms with Crippen molar-refractivity contribution in [3.63, 3.8) is 0 Å². The van der Waals surface area contributed by atoms with E-state index in [1.807, 2.05) is 20.8 Å². The molecule has 0 radical (unpaired) electrons. The second-order valence-corrected chi connectivity index (χ2v) is 6.61. The third-order valence-corrected chi connectivity index (χ3v) is 4.46. The molecular formula is C19H22N4O2. The third-order valence-electron chi connectivity index (χ3n) is 4.46. The number of nitrogens with two attached hydrogens (primary N) is 1. The first kappa shape index (κ1) is 17.0. The molecule has 2 heterocycles. The van der Waals surface area contributed by atoms with E-state index >= 15 is 0 Å². The molecule has 3 N–H and O–H groups in total. The Morgan fingerprint density at radius 3 is 2.52 bits per heavy atom. The van der Waals surface area contributed by atoms with E-state index in [2.05, 4.69) is 22.4 Å². The molecule has 1 aliphatic heterocycles. The highest BCUT2D eigenvalue weighted by Gasteiger charge is 2.36. The Kier molecular flexibility index (Phi) is 4.44. The van der Waals surface area contributed by atoms with E-state index in [4.69, 9.17) is 5.73 Å². The monoisotopic (exact) mass is 338 g/mol. The van der Waals surface area contributed by atoms with E-state index in [-0.39, 0.29) is 24.2 Å².